The van der Waals surface area contributed by atoms with Gasteiger partial charge in [0, 0.05) is 27.8 Å². The van der Waals surface area contributed by atoms with Crippen LogP contribution >= 0.6 is 23.2 Å². The van der Waals surface area contributed by atoms with E-state index in [1.807, 2.05) is 0 Å². The molecule has 0 atom stereocenters. The van der Waals surface area contributed by atoms with Gasteiger partial charge in [-0.15, -0.1) is 0 Å². The lowest BCUT2D eigenvalue weighted by atomic mass is 10.2. The maximum absolute atomic E-state index is 11.2. The third-order valence-electron chi connectivity index (χ3n) is 2.74. The van der Waals surface area contributed by atoms with Crippen LogP contribution in [-0.2, 0) is 6.54 Å². The van der Waals surface area contributed by atoms with Gasteiger partial charge < -0.3 is 5.32 Å². The van der Waals surface area contributed by atoms with Crippen molar-refractivity contribution in [3.63, 3.8) is 0 Å². The van der Waals surface area contributed by atoms with Crippen LogP contribution in [0, 0.1) is 0 Å². The molecule has 0 aliphatic rings. The Morgan fingerprint density at radius 1 is 1.10 bits per heavy atom. The Balaban J connectivity index is 2.04. The van der Waals surface area contributed by atoms with Crippen molar-refractivity contribution in [3.05, 3.63) is 63.6 Å². The molecule has 0 spiro atoms. The minimum absolute atomic E-state index is 0.374. The Morgan fingerprint density at radius 3 is 2.45 bits per heavy atom. The maximum Gasteiger partial charge on any atom is 0.274 e. The number of hydrogen-bond acceptors (Lipinski definition) is 3. The van der Waals surface area contributed by atoms with Crippen molar-refractivity contribution < 1.29 is 10.0 Å². The average molecular weight is 311 g/mol. The van der Waals surface area contributed by atoms with Crippen molar-refractivity contribution in [2.75, 3.05) is 5.32 Å². The van der Waals surface area contributed by atoms with Crippen molar-refractivity contribution in [1.82, 2.24) is 5.48 Å². The van der Waals surface area contributed by atoms with Crippen LogP contribution in [-0.4, -0.2) is 11.1 Å². The first-order valence-corrected chi connectivity index (χ1v) is 6.58. The van der Waals surface area contributed by atoms with Crippen molar-refractivity contribution in [2.45, 2.75) is 6.54 Å². The number of hydroxylamine groups is 1. The van der Waals surface area contributed by atoms with Crippen molar-refractivity contribution in [3.8, 4) is 0 Å². The van der Waals surface area contributed by atoms with Crippen LogP contribution in [0.25, 0.3) is 0 Å². The third-order valence-corrected chi connectivity index (χ3v) is 3.34. The second kappa shape index (κ2) is 6.61. The highest BCUT2D eigenvalue weighted by Crippen LogP contribution is 2.21. The summed E-state index contributed by atoms with van der Waals surface area (Å²) in [5.41, 5.74) is 3.67. The zero-order valence-corrected chi connectivity index (χ0v) is 11.9. The molecule has 0 unspecified atom stereocenters. The van der Waals surface area contributed by atoms with E-state index in [0.29, 0.717) is 22.2 Å². The lowest BCUT2D eigenvalue weighted by Crippen LogP contribution is -2.18. The molecule has 6 heteroatoms. The van der Waals surface area contributed by atoms with Gasteiger partial charge in [-0.05, 0) is 48.0 Å². The summed E-state index contributed by atoms with van der Waals surface area (Å²) in [6, 6.07) is 12.0. The molecule has 3 N–H and O–H groups in total. The molecule has 0 fully saturated rings. The number of anilines is 1. The summed E-state index contributed by atoms with van der Waals surface area (Å²) in [6.07, 6.45) is 0. The Kier molecular flexibility index (Phi) is 4.84. The molecule has 0 bridgehead atoms. The highest BCUT2D eigenvalue weighted by molar-refractivity contribution is 6.33. The van der Waals surface area contributed by atoms with Gasteiger partial charge in [0.25, 0.3) is 5.91 Å². The van der Waals surface area contributed by atoms with Gasteiger partial charge in [-0.1, -0.05) is 23.2 Å². The van der Waals surface area contributed by atoms with E-state index in [1.165, 1.54) is 0 Å². The normalized spacial score (nSPS) is 10.2. The van der Waals surface area contributed by atoms with Crippen molar-refractivity contribution in [2.24, 2.45) is 0 Å². The quantitative estimate of drug-likeness (QED) is 0.595. The number of carbonyl (C=O) groups is 1. The Morgan fingerprint density at radius 2 is 1.80 bits per heavy atom. The predicted molar refractivity (Wildman–Crippen MR) is 79.5 cm³/mol. The van der Waals surface area contributed by atoms with Gasteiger partial charge in [-0.3, -0.25) is 10.0 Å². The van der Waals surface area contributed by atoms with Gasteiger partial charge in [0.2, 0.25) is 0 Å². The summed E-state index contributed by atoms with van der Waals surface area (Å²) in [5.74, 6) is -0.547. The lowest BCUT2D eigenvalue weighted by Gasteiger charge is -2.09. The molecule has 0 aromatic heterocycles. The van der Waals surface area contributed by atoms with Crippen LogP contribution in [0.5, 0.6) is 0 Å². The SMILES string of the molecule is O=C(NO)c1ccc(NCc2cc(Cl)ccc2Cl)cc1. The van der Waals surface area contributed by atoms with E-state index in [1.54, 1.807) is 47.9 Å². The fourth-order valence-corrected chi connectivity index (χ4v) is 2.06. The Labute approximate surface area is 126 Å². The van der Waals surface area contributed by atoms with E-state index in [2.05, 4.69) is 5.32 Å². The molecule has 4 nitrogen and oxygen atoms in total. The van der Waals surface area contributed by atoms with E-state index in [0.717, 1.165) is 11.3 Å². The highest BCUT2D eigenvalue weighted by atomic mass is 35.5. The second-order valence-electron chi connectivity index (χ2n) is 4.11. The molecule has 2 rings (SSSR count). The molecule has 104 valence electrons. The standard InChI is InChI=1S/C14H12Cl2N2O2/c15-11-3-6-13(16)10(7-11)8-17-12-4-1-9(2-5-12)14(19)18-20/h1-7,17,20H,8H2,(H,18,19). The average Bonchev–Trinajstić information content (AvgIpc) is 2.48. The summed E-state index contributed by atoms with van der Waals surface area (Å²) in [5, 5.41) is 13.0. The number of amides is 1. The minimum atomic E-state index is -0.547. The fraction of sp³-hybridized carbons (Fsp3) is 0.0714. The molecule has 0 aliphatic heterocycles. The van der Waals surface area contributed by atoms with Crippen LogP contribution in [0.1, 0.15) is 15.9 Å². The summed E-state index contributed by atoms with van der Waals surface area (Å²) in [7, 11) is 0. The molecular formula is C14H12Cl2N2O2. The lowest BCUT2D eigenvalue weighted by molar-refractivity contribution is 0.0706. The van der Waals surface area contributed by atoms with E-state index in [9.17, 15) is 4.79 Å². The summed E-state index contributed by atoms with van der Waals surface area (Å²) in [6.45, 7) is 0.519. The van der Waals surface area contributed by atoms with Gasteiger partial charge >= 0.3 is 0 Å². The van der Waals surface area contributed by atoms with E-state index >= 15 is 0 Å². The molecular weight excluding hydrogens is 299 g/mol. The van der Waals surface area contributed by atoms with E-state index in [4.69, 9.17) is 28.4 Å². The Bertz CT molecular complexity index is 615. The summed E-state index contributed by atoms with van der Waals surface area (Å²) in [4.78, 5) is 11.2. The van der Waals surface area contributed by atoms with Crippen molar-refractivity contribution in [1.29, 1.82) is 0 Å². The first-order chi connectivity index (χ1) is 9.60. The predicted octanol–water partition coefficient (Wildman–Crippen LogP) is 3.72. The van der Waals surface area contributed by atoms with Crippen molar-refractivity contribution >= 4 is 34.8 Å². The van der Waals surface area contributed by atoms with Gasteiger partial charge in [0.15, 0.2) is 0 Å². The monoisotopic (exact) mass is 310 g/mol. The first kappa shape index (κ1) is 14.7. The van der Waals surface area contributed by atoms with Gasteiger partial charge in [-0.2, -0.15) is 0 Å². The largest absolute Gasteiger partial charge is 0.381 e. The maximum atomic E-state index is 11.2. The molecule has 0 saturated carbocycles. The molecule has 2 aromatic rings. The van der Waals surface area contributed by atoms with Gasteiger partial charge in [0.05, 0.1) is 0 Å². The smallest absolute Gasteiger partial charge is 0.274 e. The number of carbonyl (C=O) groups excluding carboxylic acids is 1. The van der Waals surface area contributed by atoms with Crippen LogP contribution in [0.2, 0.25) is 10.0 Å². The highest BCUT2D eigenvalue weighted by Gasteiger charge is 2.04. The molecule has 0 radical (unpaired) electrons. The van der Waals surface area contributed by atoms with Gasteiger partial charge in [0.1, 0.15) is 0 Å². The second-order valence-corrected chi connectivity index (χ2v) is 4.95. The topological polar surface area (TPSA) is 61.4 Å². The summed E-state index contributed by atoms with van der Waals surface area (Å²) >= 11 is 12.0. The molecule has 0 heterocycles. The number of nitrogens with one attached hydrogen (secondary N) is 2. The van der Waals surface area contributed by atoms with E-state index in [-0.39, 0.29) is 0 Å². The fourth-order valence-electron chi connectivity index (χ4n) is 1.68. The van der Waals surface area contributed by atoms with Gasteiger partial charge in [-0.25, -0.2) is 5.48 Å². The zero-order valence-electron chi connectivity index (χ0n) is 10.4. The number of hydrogen-bond donors (Lipinski definition) is 3. The van der Waals surface area contributed by atoms with Crippen LogP contribution in [0.15, 0.2) is 42.5 Å². The first-order valence-electron chi connectivity index (χ1n) is 5.82. The minimum Gasteiger partial charge on any atom is -0.381 e. The summed E-state index contributed by atoms with van der Waals surface area (Å²) < 4.78 is 0. The Hall–Kier alpha value is -1.75. The molecule has 1 amide bonds. The van der Waals surface area contributed by atoms with Crippen LogP contribution in [0.4, 0.5) is 5.69 Å². The molecule has 0 aliphatic carbocycles. The zero-order chi connectivity index (χ0) is 14.5. The number of benzene rings is 2. The van der Waals surface area contributed by atoms with E-state index < -0.39 is 5.91 Å². The van der Waals surface area contributed by atoms with Crippen LogP contribution in [0.3, 0.4) is 0 Å². The number of halogens is 2. The number of rotatable bonds is 4. The van der Waals surface area contributed by atoms with Crippen LogP contribution < -0.4 is 10.8 Å². The third kappa shape index (κ3) is 3.63. The molecule has 2 aromatic carbocycles. The molecule has 0 saturated heterocycles. The molecule has 20 heavy (non-hydrogen) atoms.